The van der Waals surface area contributed by atoms with Crippen molar-refractivity contribution in [3.05, 3.63) is 70.3 Å². The van der Waals surface area contributed by atoms with Gasteiger partial charge in [0.25, 0.3) is 0 Å². The second-order valence-electron chi connectivity index (χ2n) is 5.28. The molecule has 4 nitrogen and oxygen atoms in total. The molecular formula is C18H18F2N4. The lowest BCUT2D eigenvalue weighted by atomic mass is 10.1. The average Bonchev–Trinajstić information content (AvgIpc) is 2.59. The van der Waals surface area contributed by atoms with Crippen molar-refractivity contribution in [1.29, 1.82) is 5.26 Å². The van der Waals surface area contributed by atoms with Gasteiger partial charge in [0.05, 0.1) is 11.6 Å². The fourth-order valence-electron chi connectivity index (χ4n) is 2.11. The van der Waals surface area contributed by atoms with Crippen LogP contribution < -0.4 is 10.6 Å². The van der Waals surface area contributed by atoms with Crippen molar-refractivity contribution in [2.24, 2.45) is 4.99 Å². The Morgan fingerprint density at radius 2 is 1.83 bits per heavy atom. The number of rotatable bonds is 4. The first-order valence-corrected chi connectivity index (χ1v) is 7.41. The molecule has 0 saturated carbocycles. The number of guanidine groups is 1. The van der Waals surface area contributed by atoms with Crippen LogP contribution in [0.5, 0.6) is 0 Å². The van der Waals surface area contributed by atoms with Gasteiger partial charge in [-0.25, -0.2) is 8.78 Å². The number of halogens is 2. The molecule has 0 heterocycles. The van der Waals surface area contributed by atoms with E-state index < -0.39 is 5.82 Å². The second kappa shape index (κ2) is 8.06. The van der Waals surface area contributed by atoms with Gasteiger partial charge < -0.3 is 10.6 Å². The largest absolute Gasteiger partial charge is 0.352 e. The summed E-state index contributed by atoms with van der Waals surface area (Å²) in [6.07, 6.45) is 0. The monoisotopic (exact) mass is 328 g/mol. The number of hydrogen-bond donors (Lipinski definition) is 2. The predicted octanol–water partition coefficient (Wildman–Crippen LogP) is 3.01. The van der Waals surface area contributed by atoms with E-state index in [1.54, 1.807) is 20.0 Å². The molecule has 6 heteroatoms. The van der Waals surface area contributed by atoms with Gasteiger partial charge in [0.15, 0.2) is 5.96 Å². The number of hydrogen-bond acceptors (Lipinski definition) is 2. The average molecular weight is 328 g/mol. The Labute approximate surface area is 139 Å². The summed E-state index contributed by atoms with van der Waals surface area (Å²) in [5.41, 5.74) is 2.14. The number of nitrogens with one attached hydrogen (secondary N) is 2. The molecule has 2 N–H and O–H groups in total. The molecule has 0 unspecified atom stereocenters. The summed E-state index contributed by atoms with van der Waals surface area (Å²) in [5.74, 6) is -0.192. The van der Waals surface area contributed by atoms with Crippen LogP contribution in [-0.2, 0) is 13.1 Å². The second-order valence-corrected chi connectivity index (χ2v) is 5.28. The highest BCUT2D eigenvalue weighted by molar-refractivity contribution is 5.79. The van der Waals surface area contributed by atoms with E-state index in [0.717, 1.165) is 5.56 Å². The van der Waals surface area contributed by atoms with Crippen molar-refractivity contribution in [2.45, 2.75) is 20.0 Å². The van der Waals surface area contributed by atoms with Gasteiger partial charge in [-0.1, -0.05) is 12.1 Å². The summed E-state index contributed by atoms with van der Waals surface area (Å²) in [5, 5.41) is 14.9. The van der Waals surface area contributed by atoms with Gasteiger partial charge in [0.2, 0.25) is 0 Å². The Morgan fingerprint density at radius 3 is 2.50 bits per heavy atom. The molecule has 0 aliphatic rings. The molecule has 124 valence electrons. The van der Waals surface area contributed by atoms with Crippen molar-refractivity contribution in [3.63, 3.8) is 0 Å². The zero-order valence-corrected chi connectivity index (χ0v) is 13.5. The highest BCUT2D eigenvalue weighted by Crippen LogP contribution is 2.10. The predicted molar refractivity (Wildman–Crippen MR) is 89.3 cm³/mol. The van der Waals surface area contributed by atoms with Crippen LogP contribution in [0.15, 0.2) is 41.4 Å². The highest BCUT2D eigenvalue weighted by Gasteiger charge is 2.06. The third kappa shape index (κ3) is 4.53. The molecule has 0 atom stereocenters. The zero-order valence-electron chi connectivity index (χ0n) is 13.5. The minimum atomic E-state index is -0.391. The first-order valence-electron chi connectivity index (χ1n) is 7.41. The maximum atomic E-state index is 13.7. The van der Waals surface area contributed by atoms with Crippen LogP contribution in [0.3, 0.4) is 0 Å². The molecule has 2 aromatic rings. The number of aryl methyl sites for hydroxylation is 1. The van der Waals surface area contributed by atoms with E-state index in [-0.39, 0.29) is 12.4 Å². The third-order valence-corrected chi connectivity index (χ3v) is 3.54. The van der Waals surface area contributed by atoms with E-state index in [1.165, 1.54) is 24.3 Å². The van der Waals surface area contributed by atoms with Gasteiger partial charge in [-0.2, -0.15) is 5.26 Å². The van der Waals surface area contributed by atoms with Crippen LogP contribution in [0.4, 0.5) is 8.78 Å². The van der Waals surface area contributed by atoms with E-state index in [4.69, 9.17) is 5.26 Å². The molecule has 0 spiro atoms. The molecule has 0 aromatic heterocycles. The van der Waals surface area contributed by atoms with Gasteiger partial charge in [-0.05, 0) is 42.3 Å². The molecule has 2 rings (SSSR count). The van der Waals surface area contributed by atoms with E-state index >= 15 is 0 Å². The van der Waals surface area contributed by atoms with Crippen LogP contribution in [-0.4, -0.2) is 13.0 Å². The van der Waals surface area contributed by atoms with Crippen LogP contribution in [0.25, 0.3) is 0 Å². The van der Waals surface area contributed by atoms with Gasteiger partial charge in [0, 0.05) is 25.7 Å². The first kappa shape index (κ1) is 17.4. The smallest absolute Gasteiger partial charge is 0.191 e. The number of aliphatic imine (C=N–C) groups is 1. The molecule has 2 aromatic carbocycles. The maximum Gasteiger partial charge on any atom is 0.191 e. The number of benzene rings is 2. The Bertz CT molecular complexity index is 794. The number of nitriles is 1. The van der Waals surface area contributed by atoms with Crippen molar-refractivity contribution in [3.8, 4) is 6.07 Å². The summed E-state index contributed by atoms with van der Waals surface area (Å²) in [6, 6.07) is 11.2. The Morgan fingerprint density at radius 1 is 1.08 bits per heavy atom. The summed E-state index contributed by atoms with van der Waals surface area (Å²) >= 11 is 0. The summed E-state index contributed by atoms with van der Waals surface area (Å²) in [6.45, 7) is 2.28. The standard InChI is InChI=1S/C18H18F2N4/c1-12-3-4-14(8-17(12)20)10-23-18(22-2)24-11-15-7-13(9-21)5-6-16(15)19/h3-8H,10-11H2,1-2H3,(H2,22,23,24). The lowest BCUT2D eigenvalue weighted by Gasteiger charge is -2.13. The van der Waals surface area contributed by atoms with Crippen molar-refractivity contribution >= 4 is 5.96 Å². The van der Waals surface area contributed by atoms with Gasteiger partial charge in [0.1, 0.15) is 11.6 Å². The fraction of sp³-hybridized carbons (Fsp3) is 0.222. The van der Waals surface area contributed by atoms with Crippen LogP contribution >= 0.6 is 0 Å². The Kier molecular flexibility index (Phi) is 5.85. The SMILES string of the molecule is CN=C(NCc1ccc(C)c(F)c1)NCc1cc(C#N)ccc1F. The summed E-state index contributed by atoms with van der Waals surface area (Å²) < 4.78 is 27.3. The molecule has 0 aliphatic heterocycles. The van der Waals surface area contributed by atoms with Gasteiger partial charge in [-0.3, -0.25) is 4.99 Å². The molecule has 0 radical (unpaired) electrons. The molecule has 0 bridgehead atoms. The lowest BCUT2D eigenvalue weighted by Crippen LogP contribution is -2.36. The fourth-order valence-corrected chi connectivity index (χ4v) is 2.11. The lowest BCUT2D eigenvalue weighted by molar-refractivity contribution is 0.604. The van der Waals surface area contributed by atoms with Crippen molar-refractivity contribution in [1.82, 2.24) is 10.6 Å². The zero-order chi connectivity index (χ0) is 17.5. The molecule has 0 aliphatic carbocycles. The normalized spacial score (nSPS) is 11.0. The van der Waals surface area contributed by atoms with Gasteiger partial charge in [-0.15, -0.1) is 0 Å². The van der Waals surface area contributed by atoms with Crippen LogP contribution in [0.1, 0.15) is 22.3 Å². The topological polar surface area (TPSA) is 60.2 Å². The first-order chi connectivity index (χ1) is 11.5. The quantitative estimate of drug-likeness (QED) is 0.670. The van der Waals surface area contributed by atoms with E-state index in [0.29, 0.717) is 29.2 Å². The molecule has 24 heavy (non-hydrogen) atoms. The van der Waals surface area contributed by atoms with Crippen LogP contribution in [0.2, 0.25) is 0 Å². The molecule has 0 saturated heterocycles. The van der Waals surface area contributed by atoms with E-state index in [2.05, 4.69) is 15.6 Å². The molecule has 0 amide bonds. The Balaban J connectivity index is 1.95. The third-order valence-electron chi connectivity index (χ3n) is 3.54. The van der Waals surface area contributed by atoms with Crippen molar-refractivity contribution in [2.75, 3.05) is 7.05 Å². The number of nitrogens with zero attached hydrogens (tertiary/aromatic N) is 2. The summed E-state index contributed by atoms with van der Waals surface area (Å²) in [4.78, 5) is 4.04. The van der Waals surface area contributed by atoms with Crippen molar-refractivity contribution < 1.29 is 8.78 Å². The maximum absolute atomic E-state index is 13.7. The van der Waals surface area contributed by atoms with Gasteiger partial charge >= 0.3 is 0 Å². The summed E-state index contributed by atoms with van der Waals surface area (Å²) in [7, 11) is 1.59. The minimum Gasteiger partial charge on any atom is -0.352 e. The van der Waals surface area contributed by atoms with E-state index in [1.807, 2.05) is 12.1 Å². The van der Waals surface area contributed by atoms with E-state index in [9.17, 15) is 8.78 Å². The molecule has 0 fully saturated rings. The Hall–Kier alpha value is -2.94. The van der Waals surface area contributed by atoms with Crippen LogP contribution in [0, 0.1) is 29.9 Å². The highest BCUT2D eigenvalue weighted by atomic mass is 19.1. The molecular weight excluding hydrogens is 310 g/mol. The minimum absolute atomic E-state index is 0.184.